The highest BCUT2D eigenvalue weighted by molar-refractivity contribution is 8.03. The van der Waals surface area contributed by atoms with Gasteiger partial charge in [0.25, 0.3) is 0 Å². The summed E-state index contributed by atoms with van der Waals surface area (Å²) in [4.78, 5) is 0. The molecule has 0 spiro atoms. The molecule has 0 bridgehead atoms. The smallest absolute Gasteiger partial charge is 0.0691 e. The zero-order valence-electron chi connectivity index (χ0n) is 10.0. The van der Waals surface area contributed by atoms with Gasteiger partial charge < -0.3 is 5.32 Å². The molecule has 18 heavy (non-hydrogen) atoms. The van der Waals surface area contributed by atoms with E-state index in [1.165, 1.54) is 10.6 Å². The van der Waals surface area contributed by atoms with Crippen molar-refractivity contribution in [3.05, 3.63) is 77.3 Å². The number of nitrogens with one attached hydrogen (secondary N) is 1. The number of hydrogen-bond acceptors (Lipinski definition) is 2. The molecule has 2 aromatic rings. The average molecular weight is 253 g/mol. The fourth-order valence-corrected chi connectivity index (χ4v) is 3.24. The van der Waals surface area contributed by atoms with Gasteiger partial charge in [-0.15, -0.1) is 11.8 Å². The van der Waals surface area contributed by atoms with E-state index in [1.807, 2.05) is 17.8 Å². The van der Waals surface area contributed by atoms with Crippen molar-refractivity contribution in [3.8, 4) is 0 Å². The molecule has 3 rings (SSSR count). The maximum atomic E-state index is 3.46. The van der Waals surface area contributed by atoms with E-state index in [2.05, 4.69) is 66.0 Å². The van der Waals surface area contributed by atoms with Crippen molar-refractivity contribution in [2.24, 2.45) is 0 Å². The Labute approximate surface area is 112 Å². The second-order valence-electron chi connectivity index (χ2n) is 4.31. The normalized spacial score (nSPS) is 18.4. The van der Waals surface area contributed by atoms with Gasteiger partial charge in [0.2, 0.25) is 0 Å². The first kappa shape index (κ1) is 11.4. The van der Waals surface area contributed by atoms with Crippen molar-refractivity contribution in [2.45, 2.75) is 11.7 Å². The lowest BCUT2D eigenvalue weighted by molar-refractivity contribution is 0.990. The van der Waals surface area contributed by atoms with Crippen LogP contribution in [0.1, 0.15) is 17.2 Å². The summed E-state index contributed by atoms with van der Waals surface area (Å²) in [5.41, 5.74) is 2.56. The maximum absolute atomic E-state index is 3.46. The summed E-state index contributed by atoms with van der Waals surface area (Å²) in [6.45, 7) is 0. The molecule has 0 saturated carbocycles. The fraction of sp³-hybridized carbons (Fsp3) is 0.125. The van der Waals surface area contributed by atoms with Crippen molar-refractivity contribution >= 4 is 17.4 Å². The van der Waals surface area contributed by atoms with Crippen LogP contribution >= 0.6 is 11.8 Å². The molecule has 1 aliphatic heterocycles. The third kappa shape index (κ3) is 2.59. The van der Waals surface area contributed by atoms with E-state index >= 15 is 0 Å². The number of rotatable bonds is 3. The summed E-state index contributed by atoms with van der Waals surface area (Å²) in [5, 5.41) is 5.28. The molecule has 1 heterocycles. The summed E-state index contributed by atoms with van der Waals surface area (Å²) in [7, 11) is 0. The van der Waals surface area contributed by atoms with Gasteiger partial charge in [0, 0.05) is 10.9 Å². The molecule has 90 valence electrons. The van der Waals surface area contributed by atoms with Gasteiger partial charge >= 0.3 is 0 Å². The van der Waals surface area contributed by atoms with Gasteiger partial charge in [-0.05, 0) is 24.1 Å². The van der Waals surface area contributed by atoms with E-state index in [1.54, 1.807) is 0 Å². The number of benzene rings is 2. The molecule has 0 fully saturated rings. The molecule has 1 atom stereocenters. The minimum absolute atomic E-state index is 0.553. The lowest BCUT2D eigenvalue weighted by Crippen LogP contribution is -1.94. The van der Waals surface area contributed by atoms with Crippen LogP contribution in [0.5, 0.6) is 0 Å². The summed E-state index contributed by atoms with van der Waals surface area (Å²) in [6.07, 6.45) is 3.39. The zero-order valence-corrected chi connectivity index (χ0v) is 10.9. The molecule has 0 aliphatic carbocycles. The van der Waals surface area contributed by atoms with Crippen LogP contribution in [0, 0.1) is 0 Å². The average Bonchev–Trinajstić information content (AvgIpc) is 2.89. The van der Waals surface area contributed by atoms with E-state index in [0.717, 1.165) is 12.1 Å². The van der Waals surface area contributed by atoms with Crippen molar-refractivity contribution in [3.63, 3.8) is 0 Å². The highest BCUT2D eigenvalue weighted by atomic mass is 32.2. The Kier molecular flexibility index (Phi) is 3.37. The number of para-hydroxylation sites is 1. The largest absolute Gasteiger partial charge is 0.350 e. The highest BCUT2D eigenvalue weighted by Gasteiger charge is 2.19. The second-order valence-corrected chi connectivity index (χ2v) is 5.56. The van der Waals surface area contributed by atoms with Gasteiger partial charge in [0.1, 0.15) is 0 Å². The Morgan fingerprint density at radius 2 is 1.56 bits per heavy atom. The van der Waals surface area contributed by atoms with Crippen LogP contribution in [0.4, 0.5) is 5.69 Å². The van der Waals surface area contributed by atoms with Crippen LogP contribution in [0.25, 0.3) is 0 Å². The molecule has 1 nitrogen and oxygen atoms in total. The molecule has 0 saturated heterocycles. The van der Waals surface area contributed by atoms with Crippen LogP contribution in [0.2, 0.25) is 0 Å². The highest BCUT2D eigenvalue weighted by Crippen LogP contribution is 2.43. The quantitative estimate of drug-likeness (QED) is 0.841. The molecule has 0 aromatic heterocycles. The van der Waals surface area contributed by atoms with E-state index < -0.39 is 0 Å². The molecular weight excluding hydrogens is 238 g/mol. The molecule has 0 amide bonds. The van der Waals surface area contributed by atoms with E-state index in [-0.39, 0.29) is 0 Å². The standard InChI is InChI=1S/C16H15NS/c1-3-7-13(8-4-1)15-11-12-16(18-15)17-14-9-5-2-6-10-14/h1-10,12,15,17H,11H2. The maximum Gasteiger partial charge on any atom is 0.0691 e. The Balaban J connectivity index is 1.65. The Morgan fingerprint density at radius 1 is 0.889 bits per heavy atom. The molecule has 2 aromatic carbocycles. The van der Waals surface area contributed by atoms with Crippen LogP contribution < -0.4 is 5.32 Å². The number of thioether (sulfide) groups is 1. The monoisotopic (exact) mass is 253 g/mol. The summed E-state index contributed by atoms with van der Waals surface area (Å²) in [5.74, 6) is 0. The van der Waals surface area contributed by atoms with Crippen molar-refractivity contribution < 1.29 is 0 Å². The summed E-state index contributed by atoms with van der Waals surface area (Å²) in [6, 6.07) is 21.0. The van der Waals surface area contributed by atoms with Gasteiger partial charge in [0.05, 0.1) is 5.03 Å². The van der Waals surface area contributed by atoms with Gasteiger partial charge in [0.15, 0.2) is 0 Å². The van der Waals surface area contributed by atoms with Crippen LogP contribution in [-0.2, 0) is 0 Å². The van der Waals surface area contributed by atoms with Gasteiger partial charge in [-0.3, -0.25) is 0 Å². The summed E-state index contributed by atoms with van der Waals surface area (Å²) < 4.78 is 0. The minimum atomic E-state index is 0.553. The number of hydrogen-bond donors (Lipinski definition) is 1. The SMILES string of the molecule is C1=C(Nc2ccccc2)SC(c2ccccc2)C1. The molecule has 1 aliphatic rings. The van der Waals surface area contributed by atoms with Crippen LogP contribution in [-0.4, -0.2) is 0 Å². The lowest BCUT2D eigenvalue weighted by Gasteiger charge is -2.11. The van der Waals surface area contributed by atoms with E-state index in [9.17, 15) is 0 Å². The molecule has 0 radical (unpaired) electrons. The van der Waals surface area contributed by atoms with Gasteiger partial charge in [-0.25, -0.2) is 0 Å². The Hall–Kier alpha value is -1.67. The predicted octanol–water partition coefficient (Wildman–Crippen LogP) is 4.82. The van der Waals surface area contributed by atoms with Crippen molar-refractivity contribution in [1.29, 1.82) is 0 Å². The van der Waals surface area contributed by atoms with E-state index in [0.29, 0.717) is 5.25 Å². The number of anilines is 1. The predicted molar refractivity (Wildman–Crippen MR) is 79.5 cm³/mol. The summed E-state index contributed by atoms with van der Waals surface area (Å²) >= 11 is 1.91. The van der Waals surface area contributed by atoms with Crippen molar-refractivity contribution in [2.75, 3.05) is 5.32 Å². The first-order chi connectivity index (χ1) is 8.92. The van der Waals surface area contributed by atoms with Gasteiger partial charge in [-0.1, -0.05) is 54.6 Å². The Bertz CT molecular complexity index is 534. The van der Waals surface area contributed by atoms with Crippen LogP contribution in [0.15, 0.2) is 71.8 Å². The number of allylic oxidation sites excluding steroid dienone is 1. The molecule has 1 N–H and O–H groups in total. The van der Waals surface area contributed by atoms with Crippen molar-refractivity contribution in [1.82, 2.24) is 0 Å². The lowest BCUT2D eigenvalue weighted by atomic mass is 10.1. The first-order valence-electron chi connectivity index (χ1n) is 6.16. The van der Waals surface area contributed by atoms with Crippen LogP contribution in [0.3, 0.4) is 0 Å². The Morgan fingerprint density at radius 3 is 2.28 bits per heavy atom. The minimum Gasteiger partial charge on any atom is -0.350 e. The third-order valence-corrected chi connectivity index (χ3v) is 4.27. The topological polar surface area (TPSA) is 12.0 Å². The molecule has 2 heteroatoms. The first-order valence-corrected chi connectivity index (χ1v) is 7.03. The zero-order chi connectivity index (χ0) is 12.2. The van der Waals surface area contributed by atoms with E-state index in [4.69, 9.17) is 0 Å². The van der Waals surface area contributed by atoms with Gasteiger partial charge in [-0.2, -0.15) is 0 Å². The molecular formula is C16H15NS. The fourth-order valence-electron chi connectivity index (χ4n) is 2.08. The molecule has 1 unspecified atom stereocenters. The second kappa shape index (κ2) is 5.32. The third-order valence-electron chi connectivity index (χ3n) is 3.00.